The molecule has 0 unspecified atom stereocenters. The summed E-state index contributed by atoms with van der Waals surface area (Å²) in [6.07, 6.45) is 4.87. The Balaban J connectivity index is 2.10. The maximum absolute atomic E-state index is 12.3. The van der Waals surface area contributed by atoms with Crippen LogP contribution < -0.4 is 4.72 Å². The van der Waals surface area contributed by atoms with E-state index in [1.54, 1.807) is 6.07 Å². The minimum atomic E-state index is -3.46. The van der Waals surface area contributed by atoms with E-state index in [2.05, 4.69) is 9.71 Å². The highest BCUT2D eigenvalue weighted by Crippen LogP contribution is 2.15. The van der Waals surface area contributed by atoms with Crippen molar-refractivity contribution in [2.45, 2.75) is 39.0 Å². The molecular formula is C13H21N3O2S. The molecule has 1 fully saturated rings. The molecule has 1 aromatic heterocycles. The van der Waals surface area contributed by atoms with Crippen LogP contribution in [0.25, 0.3) is 0 Å². The summed E-state index contributed by atoms with van der Waals surface area (Å²) in [5, 5.41) is 0. The maximum atomic E-state index is 12.3. The van der Waals surface area contributed by atoms with Gasteiger partial charge in [-0.25, -0.2) is 4.98 Å². The van der Waals surface area contributed by atoms with Gasteiger partial charge < -0.3 is 0 Å². The first-order valence-corrected chi connectivity index (χ1v) is 8.29. The molecule has 0 bridgehead atoms. The average molecular weight is 283 g/mol. The first-order chi connectivity index (χ1) is 9.12. The lowest BCUT2D eigenvalue weighted by Crippen LogP contribution is -2.36. The molecule has 1 saturated heterocycles. The third-order valence-electron chi connectivity index (χ3n) is 3.31. The molecule has 0 spiro atoms. The van der Waals surface area contributed by atoms with Gasteiger partial charge in [-0.05, 0) is 31.4 Å². The quantitative estimate of drug-likeness (QED) is 0.921. The summed E-state index contributed by atoms with van der Waals surface area (Å²) in [5.41, 5.74) is 0.885. The van der Waals surface area contributed by atoms with Crippen molar-refractivity contribution < 1.29 is 8.42 Å². The largest absolute Gasteiger partial charge is 0.302 e. The summed E-state index contributed by atoms with van der Waals surface area (Å²) in [6, 6.07) is 5.41. The van der Waals surface area contributed by atoms with Gasteiger partial charge in [-0.1, -0.05) is 25.8 Å². The molecule has 1 aliphatic heterocycles. The van der Waals surface area contributed by atoms with Crippen LogP contribution in [0.15, 0.2) is 18.2 Å². The van der Waals surface area contributed by atoms with E-state index in [1.165, 1.54) is 4.31 Å². The second-order valence-electron chi connectivity index (χ2n) is 4.79. The number of nitrogens with one attached hydrogen (secondary N) is 1. The summed E-state index contributed by atoms with van der Waals surface area (Å²) in [5.74, 6) is 0.406. The van der Waals surface area contributed by atoms with Crippen molar-refractivity contribution in [3.63, 3.8) is 0 Å². The van der Waals surface area contributed by atoms with Crippen molar-refractivity contribution in [3.05, 3.63) is 23.9 Å². The number of nitrogens with zero attached hydrogens (tertiary/aromatic N) is 2. The lowest BCUT2D eigenvalue weighted by atomic mass is 10.2. The fourth-order valence-corrected chi connectivity index (χ4v) is 3.46. The Morgan fingerprint density at radius 1 is 1.21 bits per heavy atom. The van der Waals surface area contributed by atoms with Crippen molar-refractivity contribution >= 4 is 16.0 Å². The standard InChI is InChI=1S/C13H21N3O2S/c1-2-12-8-7-9-13(14-12)15-19(17,18)16-10-5-3-4-6-11-16/h7-9H,2-6,10-11H2,1H3,(H,14,15). The minimum absolute atomic E-state index is 0.406. The van der Waals surface area contributed by atoms with Gasteiger partial charge in [0.15, 0.2) is 0 Å². The van der Waals surface area contributed by atoms with Crippen LogP contribution in [0.3, 0.4) is 0 Å². The molecule has 0 radical (unpaired) electrons. The molecule has 0 amide bonds. The van der Waals surface area contributed by atoms with Crippen LogP contribution in [-0.4, -0.2) is 30.8 Å². The molecule has 6 heteroatoms. The Kier molecular flexibility index (Phi) is 4.76. The van der Waals surface area contributed by atoms with Gasteiger partial charge in [0.25, 0.3) is 0 Å². The molecule has 1 aliphatic rings. The Morgan fingerprint density at radius 2 is 1.89 bits per heavy atom. The molecule has 0 aromatic carbocycles. The summed E-state index contributed by atoms with van der Waals surface area (Å²) >= 11 is 0. The van der Waals surface area contributed by atoms with E-state index in [1.807, 2.05) is 19.1 Å². The minimum Gasteiger partial charge on any atom is -0.254 e. The SMILES string of the molecule is CCc1cccc(NS(=O)(=O)N2CCCCCC2)n1. The van der Waals surface area contributed by atoms with Crippen molar-refractivity contribution in [2.24, 2.45) is 0 Å². The van der Waals surface area contributed by atoms with E-state index in [9.17, 15) is 8.42 Å². The summed E-state index contributed by atoms with van der Waals surface area (Å²) < 4.78 is 28.7. The molecule has 1 aromatic rings. The van der Waals surface area contributed by atoms with Crippen LogP contribution in [0.2, 0.25) is 0 Å². The third-order valence-corrected chi connectivity index (χ3v) is 4.82. The van der Waals surface area contributed by atoms with Gasteiger partial charge in [0.05, 0.1) is 0 Å². The fourth-order valence-electron chi connectivity index (χ4n) is 2.21. The summed E-state index contributed by atoms with van der Waals surface area (Å²) in [4.78, 5) is 4.28. The van der Waals surface area contributed by atoms with Gasteiger partial charge in [-0.3, -0.25) is 4.72 Å². The van der Waals surface area contributed by atoms with E-state index in [-0.39, 0.29) is 0 Å². The maximum Gasteiger partial charge on any atom is 0.302 e. The predicted octanol–water partition coefficient (Wildman–Crippen LogP) is 2.18. The van der Waals surface area contributed by atoms with Crippen LogP contribution in [0.1, 0.15) is 38.3 Å². The zero-order valence-corrected chi connectivity index (χ0v) is 12.1. The lowest BCUT2D eigenvalue weighted by Gasteiger charge is -2.20. The number of anilines is 1. The van der Waals surface area contributed by atoms with Crippen LogP contribution in [0.4, 0.5) is 5.82 Å². The molecular weight excluding hydrogens is 262 g/mol. The van der Waals surface area contributed by atoms with Crippen LogP contribution in [0, 0.1) is 0 Å². The molecule has 2 rings (SSSR count). The smallest absolute Gasteiger partial charge is 0.254 e. The van der Waals surface area contributed by atoms with Gasteiger partial charge in [0.1, 0.15) is 5.82 Å². The van der Waals surface area contributed by atoms with E-state index in [0.717, 1.165) is 37.8 Å². The van der Waals surface area contributed by atoms with Gasteiger partial charge in [0, 0.05) is 18.8 Å². The Bertz CT molecular complexity index is 508. The fraction of sp³-hybridized carbons (Fsp3) is 0.615. The van der Waals surface area contributed by atoms with E-state index >= 15 is 0 Å². The Hall–Kier alpha value is -1.14. The highest BCUT2D eigenvalue weighted by Gasteiger charge is 2.23. The Morgan fingerprint density at radius 3 is 2.53 bits per heavy atom. The van der Waals surface area contributed by atoms with Crippen LogP contribution in [0.5, 0.6) is 0 Å². The van der Waals surface area contributed by atoms with Gasteiger partial charge in [-0.15, -0.1) is 0 Å². The molecule has 19 heavy (non-hydrogen) atoms. The van der Waals surface area contributed by atoms with Crippen molar-refractivity contribution in [3.8, 4) is 0 Å². The predicted molar refractivity (Wildman–Crippen MR) is 76.2 cm³/mol. The molecule has 0 aliphatic carbocycles. The zero-order valence-electron chi connectivity index (χ0n) is 11.3. The van der Waals surface area contributed by atoms with Crippen LogP contribution >= 0.6 is 0 Å². The molecule has 5 nitrogen and oxygen atoms in total. The zero-order chi connectivity index (χ0) is 13.7. The average Bonchev–Trinajstić information content (AvgIpc) is 2.68. The monoisotopic (exact) mass is 283 g/mol. The van der Waals surface area contributed by atoms with E-state index in [4.69, 9.17) is 0 Å². The molecule has 106 valence electrons. The second kappa shape index (κ2) is 6.34. The summed E-state index contributed by atoms with van der Waals surface area (Å²) in [7, 11) is -3.46. The number of hydrogen-bond acceptors (Lipinski definition) is 3. The number of pyridine rings is 1. The first kappa shape index (κ1) is 14.3. The molecule has 0 saturated carbocycles. The normalized spacial score (nSPS) is 17.9. The van der Waals surface area contributed by atoms with E-state index in [0.29, 0.717) is 18.9 Å². The number of aromatic nitrogens is 1. The number of aryl methyl sites for hydroxylation is 1. The lowest BCUT2D eigenvalue weighted by molar-refractivity contribution is 0.427. The van der Waals surface area contributed by atoms with Gasteiger partial charge >= 0.3 is 10.2 Å². The van der Waals surface area contributed by atoms with Gasteiger partial charge in [-0.2, -0.15) is 12.7 Å². The number of rotatable bonds is 4. The highest BCUT2D eigenvalue weighted by atomic mass is 32.2. The number of hydrogen-bond donors (Lipinski definition) is 1. The highest BCUT2D eigenvalue weighted by molar-refractivity contribution is 7.90. The van der Waals surface area contributed by atoms with E-state index < -0.39 is 10.2 Å². The van der Waals surface area contributed by atoms with Crippen molar-refractivity contribution in [2.75, 3.05) is 17.8 Å². The third kappa shape index (κ3) is 3.91. The molecule has 0 atom stereocenters. The first-order valence-electron chi connectivity index (χ1n) is 6.85. The molecule has 1 N–H and O–H groups in total. The van der Waals surface area contributed by atoms with Crippen molar-refractivity contribution in [1.82, 2.24) is 9.29 Å². The molecule has 2 heterocycles. The van der Waals surface area contributed by atoms with Crippen molar-refractivity contribution in [1.29, 1.82) is 0 Å². The Labute approximate surface area is 115 Å². The second-order valence-corrected chi connectivity index (χ2v) is 6.46. The van der Waals surface area contributed by atoms with Gasteiger partial charge in [0.2, 0.25) is 0 Å². The summed E-state index contributed by atoms with van der Waals surface area (Å²) in [6.45, 7) is 3.20. The van der Waals surface area contributed by atoms with Crippen LogP contribution in [-0.2, 0) is 16.6 Å². The topological polar surface area (TPSA) is 62.3 Å².